The molecule has 0 aromatic carbocycles. The summed E-state index contributed by atoms with van der Waals surface area (Å²) < 4.78 is 6.19. The van der Waals surface area contributed by atoms with Crippen LogP contribution in [0.2, 0.25) is 0 Å². The number of aromatic nitrogens is 3. The highest BCUT2D eigenvalue weighted by atomic mass is 32.2. The minimum Gasteiger partial charge on any atom is -0.397 e. The maximum Gasteiger partial charge on any atom is 0.247 e. The van der Waals surface area contributed by atoms with Crippen LogP contribution in [0.25, 0.3) is 0 Å². The Morgan fingerprint density at radius 1 is 1.39 bits per heavy atom. The molecule has 18 heavy (non-hydrogen) atoms. The molecular weight excluding hydrogens is 268 g/mol. The van der Waals surface area contributed by atoms with Gasteiger partial charge in [-0.05, 0) is 12.0 Å². The number of rotatable bonds is 4. The number of nitriles is 1. The fourth-order valence-electron chi connectivity index (χ4n) is 1.07. The summed E-state index contributed by atoms with van der Waals surface area (Å²) in [4.78, 5) is 4.41. The number of thiazole rings is 1. The van der Waals surface area contributed by atoms with Gasteiger partial charge in [0.15, 0.2) is 10.0 Å². The zero-order chi connectivity index (χ0) is 13.0. The summed E-state index contributed by atoms with van der Waals surface area (Å²) >= 11 is 2.68. The van der Waals surface area contributed by atoms with E-state index in [0.29, 0.717) is 11.8 Å². The summed E-state index contributed by atoms with van der Waals surface area (Å²) in [6, 6.07) is 5.06. The first kappa shape index (κ1) is 12.8. The van der Waals surface area contributed by atoms with Gasteiger partial charge in [0.2, 0.25) is 5.88 Å². The first-order valence-electron chi connectivity index (χ1n) is 5.23. The minimum atomic E-state index is 0.267. The van der Waals surface area contributed by atoms with E-state index in [1.54, 1.807) is 12.1 Å². The van der Waals surface area contributed by atoms with Crippen LogP contribution in [0.1, 0.15) is 31.2 Å². The molecule has 0 amide bonds. The van der Waals surface area contributed by atoms with Gasteiger partial charge in [0.25, 0.3) is 0 Å². The van der Waals surface area contributed by atoms with Crippen molar-refractivity contribution in [3.63, 3.8) is 0 Å². The fraction of sp³-hybridized carbons (Fsp3) is 0.273. The highest BCUT2D eigenvalue weighted by Gasteiger charge is 2.08. The molecule has 0 aliphatic heterocycles. The van der Waals surface area contributed by atoms with Gasteiger partial charge in [-0.2, -0.15) is 5.26 Å². The van der Waals surface area contributed by atoms with Gasteiger partial charge in [0, 0.05) is 11.4 Å². The molecule has 0 saturated carbocycles. The molecule has 0 atom stereocenters. The highest BCUT2D eigenvalue weighted by Crippen LogP contribution is 2.27. The summed E-state index contributed by atoms with van der Waals surface area (Å²) in [5.74, 6) is 0.769. The minimum absolute atomic E-state index is 0.267. The molecule has 0 spiro atoms. The van der Waals surface area contributed by atoms with Gasteiger partial charge < -0.3 is 4.18 Å². The average Bonchev–Trinajstić information content (AvgIpc) is 2.86. The average molecular weight is 278 g/mol. The van der Waals surface area contributed by atoms with Crippen LogP contribution in [0.4, 0.5) is 0 Å². The van der Waals surface area contributed by atoms with Crippen LogP contribution in [0.15, 0.2) is 21.9 Å². The van der Waals surface area contributed by atoms with Crippen LogP contribution in [0, 0.1) is 11.3 Å². The maximum atomic E-state index is 8.58. The van der Waals surface area contributed by atoms with Crippen molar-refractivity contribution in [1.82, 2.24) is 15.2 Å². The van der Waals surface area contributed by atoms with E-state index >= 15 is 0 Å². The summed E-state index contributed by atoms with van der Waals surface area (Å²) in [7, 11) is 0. The van der Waals surface area contributed by atoms with Crippen LogP contribution < -0.4 is 4.18 Å². The Morgan fingerprint density at radius 2 is 2.22 bits per heavy atom. The molecular formula is C11H10N4OS2. The lowest BCUT2D eigenvalue weighted by Crippen LogP contribution is -1.91. The molecule has 5 nitrogen and oxygen atoms in total. The van der Waals surface area contributed by atoms with Gasteiger partial charge in [-0.25, -0.2) is 4.98 Å². The Kier molecular flexibility index (Phi) is 4.12. The van der Waals surface area contributed by atoms with Gasteiger partial charge in [-0.1, -0.05) is 13.8 Å². The van der Waals surface area contributed by atoms with E-state index in [-0.39, 0.29) is 5.69 Å². The Bertz CT molecular complexity index is 559. The quantitative estimate of drug-likeness (QED) is 0.800. The monoisotopic (exact) mass is 278 g/mol. The van der Waals surface area contributed by atoms with Crippen LogP contribution in [-0.2, 0) is 0 Å². The van der Waals surface area contributed by atoms with Crippen molar-refractivity contribution in [2.24, 2.45) is 0 Å². The van der Waals surface area contributed by atoms with Crippen molar-refractivity contribution in [1.29, 1.82) is 5.26 Å². The molecule has 2 aromatic rings. The predicted molar refractivity (Wildman–Crippen MR) is 69.4 cm³/mol. The SMILES string of the molecule is CC(C)c1csc(SOc2ccc(C#N)nn2)n1. The van der Waals surface area contributed by atoms with Crippen molar-refractivity contribution < 1.29 is 4.18 Å². The first-order chi connectivity index (χ1) is 8.69. The van der Waals surface area contributed by atoms with Gasteiger partial charge in [0.1, 0.15) is 18.1 Å². The van der Waals surface area contributed by atoms with Crippen LogP contribution in [-0.4, -0.2) is 15.2 Å². The van der Waals surface area contributed by atoms with Gasteiger partial charge in [-0.3, -0.25) is 0 Å². The Morgan fingerprint density at radius 3 is 2.78 bits per heavy atom. The summed E-state index contributed by atoms with van der Waals surface area (Å²) in [6.07, 6.45) is 0. The molecule has 2 heterocycles. The van der Waals surface area contributed by atoms with Crippen molar-refractivity contribution in [2.75, 3.05) is 0 Å². The third kappa shape index (κ3) is 3.18. The molecule has 0 aliphatic carbocycles. The van der Waals surface area contributed by atoms with E-state index in [0.717, 1.165) is 22.1 Å². The highest BCUT2D eigenvalue weighted by molar-refractivity contribution is 7.96. The van der Waals surface area contributed by atoms with Gasteiger partial charge in [0.05, 0.1) is 5.69 Å². The van der Waals surface area contributed by atoms with E-state index in [9.17, 15) is 0 Å². The molecule has 0 fully saturated rings. The fourth-order valence-corrected chi connectivity index (χ4v) is 2.57. The van der Waals surface area contributed by atoms with Crippen molar-refractivity contribution in [3.05, 3.63) is 28.9 Å². The Hall–Kier alpha value is -1.65. The largest absolute Gasteiger partial charge is 0.397 e. The van der Waals surface area contributed by atoms with E-state index in [2.05, 4.69) is 29.0 Å². The molecule has 0 saturated heterocycles. The van der Waals surface area contributed by atoms with Crippen LogP contribution in [0.3, 0.4) is 0 Å². The predicted octanol–water partition coefficient (Wildman–Crippen LogP) is 3.01. The second-order valence-electron chi connectivity index (χ2n) is 3.73. The van der Waals surface area contributed by atoms with E-state index in [1.165, 1.54) is 11.3 Å². The first-order valence-corrected chi connectivity index (χ1v) is 6.85. The van der Waals surface area contributed by atoms with Crippen molar-refractivity contribution >= 4 is 23.4 Å². The lowest BCUT2D eigenvalue weighted by atomic mass is 10.2. The Labute approximate surface area is 113 Å². The topological polar surface area (TPSA) is 71.7 Å². The van der Waals surface area contributed by atoms with E-state index in [4.69, 9.17) is 9.44 Å². The van der Waals surface area contributed by atoms with Crippen molar-refractivity contribution in [3.8, 4) is 11.9 Å². The lowest BCUT2D eigenvalue weighted by Gasteiger charge is -1.99. The zero-order valence-electron chi connectivity index (χ0n) is 9.82. The standard InChI is InChI=1S/C11H10N4OS2/c1-7(2)9-6-17-11(13-9)18-16-10-4-3-8(5-12)14-15-10/h3-4,6-7H,1-2H3. The number of hydrogen-bond donors (Lipinski definition) is 0. The Balaban J connectivity index is 1.96. The van der Waals surface area contributed by atoms with Crippen LogP contribution in [0.5, 0.6) is 5.88 Å². The molecule has 0 aliphatic rings. The van der Waals surface area contributed by atoms with Crippen molar-refractivity contribution in [2.45, 2.75) is 24.1 Å². The molecule has 7 heteroatoms. The number of nitrogens with zero attached hydrogens (tertiary/aromatic N) is 4. The molecule has 0 bridgehead atoms. The summed E-state index contributed by atoms with van der Waals surface area (Å²) in [5.41, 5.74) is 1.32. The smallest absolute Gasteiger partial charge is 0.247 e. The van der Waals surface area contributed by atoms with Crippen LogP contribution >= 0.6 is 23.4 Å². The van der Waals surface area contributed by atoms with E-state index in [1.807, 2.05) is 11.4 Å². The van der Waals surface area contributed by atoms with Gasteiger partial charge in [-0.15, -0.1) is 21.5 Å². The van der Waals surface area contributed by atoms with Gasteiger partial charge >= 0.3 is 0 Å². The molecule has 0 unspecified atom stereocenters. The normalized spacial score (nSPS) is 10.3. The molecule has 2 aromatic heterocycles. The number of hydrogen-bond acceptors (Lipinski definition) is 7. The molecule has 0 radical (unpaired) electrons. The molecule has 2 rings (SSSR count). The second kappa shape index (κ2) is 5.80. The maximum absolute atomic E-state index is 8.58. The molecule has 0 N–H and O–H groups in total. The lowest BCUT2D eigenvalue weighted by molar-refractivity contribution is 0.599. The third-order valence-corrected chi connectivity index (χ3v) is 3.68. The molecule has 92 valence electrons. The summed E-state index contributed by atoms with van der Waals surface area (Å²) in [5, 5.41) is 18.0. The second-order valence-corrected chi connectivity index (χ2v) is 5.56. The summed E-state index contributed by atoms with van der Waals surface area (Å²) in [6.45, 7) is 4.19. The van der Waals surface area contributed by atoms with E-state index < -0.39 is 0 Å². The third-order valence-electron chi connectivity index (χ3n) is 2.05. The zero-order valence-corrected chi connectivity index (χ0v) is 11.5.